The van der Waals surface area contributed by atoms with E-state index in [9.17, 15) is 4.79 Å². The summed E-state index contributed by atoms with van der Waals surface area (Å²) >= 11 is 5.94. The Balaban J connectivity index is 2.79. The second-order valence-electron chi connectivity index (χ2n) is 4.98. The summed E-state index contributed by atoms with van der Waals surface area (Å²) in [5.74, 6) is 0.655. The average molecular weight is 269 g/mol. The summed E-state index contributed by atoms with van der Waals surface area (Å²) in [5, 5.41) is 3.29. The average Bonchev–Trinajstić information content (AvgIpc) is 2.34. The van der Waals surface area contributed by atoms with Gasteiger partial charge in [0.1, 0.15) is 5.15 Å². The number of hydrogen-bond acceptors (Lipinski definition) is 2. The fourth-order valence-corrected chi connectivity index (χ4v) is 1.67. The van der Waals surface area contributed by atoms with E-state index in [4.69, 9.17) is 11.6 Å². The monoisotopic (exact) mass is 268 g/mol. The molecule has 1 aromatic heterocycles. The highest BCUT2D eigenvalue weighted by Crippen LogP contribution is 2.17. The molecule has 3 nitrogen and oxygen atoms in total. The van der Waals surface area contributed by atoms with Crippen LogP contribution in [0.2, 0.25) is 5.15 Å². The predicted molar refractivity (Wildman–Crippen MR) is 75.1 cm³/mol. The molecule has 0 aliphatic carbocycles. The molecule has 0 aliphatic rings. The molecule has 0 saturated heterocycles. The van der Waals surface area contributed by atoms with Gasteiger partial charge in [0.2, 0.25) is 0 Å². The minimum absolute atomic E-state index is 0.0819. The zero-order valence-corrected chi connectivity index (χ0v) is 12.2. The smallest absolute Gasteiger partial charge is 0.251 e. The molecule has 0 radical (unpaired) electrons. The zero-order valence-electron chi connectivity index (χ0n) is 11.5. The molecular weight excluding hydrogens is 248 g/mol. The quantitative estimate of drug-likeness (QED) is 0.829. The van der Waals surface area contributed by atoms with Gasteiger partial charge in [-0.2, -0.15) is 0 Å². The number of carbonyl (C=O) groups is 1. The molecule has 0 aromatic carbocycles. The van der Waals surface area contributed by atoms with Gasteiger partial charge in [-0.25, -0.2) is 4.98 Å². The summed E-state index contributed by atoms with van der Waals surface area (Å²) in [6.07, 6.45) is 1.05. The predicted octanol–water partition coefficient (Wildman–Crippen LogP) is 3.63. The lowest BCUT2D eigenvalue weighted by molar-refractivity contribution is 0.0947. The zero-order chi connectivity index (χ0) is 13.7. The first-order valence-electron chi connectivity index (χ1n) is 6.39. The Bertz CT molecular complexity index is 418. The standard InChI is InChI=1S/C14H21ClN2O/c1-5-10(4)8-16-14(18)11-6-12(9(2)3)17-13(15)7-11/h6-7,9-10H,5,8H2,1-4H3,(H,16,18). The molecule has 1 rings (SSSR count). The molecule has 0 aliphatic heterocycles. The lowest BCUT2D eigenvalue weighted by Crippen LogP contribution is -2.28. The molecule has 0 spiro atoms. The van der Waals surface area contributed by atoms with Crippen molar-refractivity contribution in [2.75, 3.05) is 6.54 Å². The summed E-state index contributed by atoms with van der Waals surface area (Å²) in [5.41, 5.74) is 1.43. The van der Waals surface area contributed by atoms with Crippen molar-refractivity contribution in [1.82, 2.24) is 10.3 Å². The van der Waals surface area contributed by atoms with Crippen LogP contribution >= 0.6 is 11.6 Å². The van der Waals surface area contributed by atoms with Crippen molar-refractivity contribution in [2.24, 2.45) is 5.92 Å². The summed E-state index contributed by atoms with van der Waals surface area (Å²) in [6.45, 7) is 8.96. The molecule has 100 valence electrons. The second kappa shape index (κ2) is 6.74. The highest BCUT2D eigenvalue weighted by molar-refractivity contribution is 6.29. The summed E-state index contributed by atoms with van der Waals surface area (Å²) in [4.78, 5) is 16.2. The van der Waals surface area contributed by atoms with Gasteiger partial charge in [0.05, 0.1) is 0 Å². The van der Waals surface area contributed by atoms with Gasteiger partial charge in [0, 0.05) is 17.8 Å². The maximum atomic E-state index is 12.0. The Morgan fingerprint density at radius 2 is 2.06 bits per heavy atom. The first kappa shape index (κ1) is 15.0. The van der Waals surface area contributed by atoms with Crippen molar-refractivity contribution in [3.63, 3.8) is 0 Å². The first-order valence-corrected chi connectivity index (χ1v) is 6.77. The molecule has 1 N–H and O–H groups in total. The lowest BCUT2D eigenvalue weighted by atomic mass is 10.1. The highest BCUT2D eigenvalue weighted by Gasteiger charge is 2.11. The van der Waals surface area contributed by atoms with Crippen LogP contribution in [0.3, 0.4) is 0 Å². The van der Waals surface area contributed by atoms with Crippen molar-refractivity contribution in [3.8, 4) is 0 Å². The second-order valence-corrected chi connectivity index (χ2v) is 5.37. The molecule has 1 amide bonds. The number of pyridine rings is 1. The van der Waals surface area contributed by atoms with E-state index in [2.05, 4.69) is 24.1 Å². The van der Waals surface area contributed by atoms with Gasteiger partial charge in [0.25, 0.3) is 5.91 Å². The van der Waals surface area contributed by atoms with Crippen molar-refractivity contribution in [3.05, 3.63) is 28.5 Å². The summed E-state index contributed by atoms with van der Waals surface area (Å²) in [7, 11) is 0. The molecule has 1 heterocycles. The molecule has 1 aromatic rings. The van der Waals surface area contributed by atoms with Crippen LogP contribution in [0.25, 0.3) is 0 Å². The van der Waals surface area contributed by atoms with Gasteiger partial charge in [-0.1, -0.05) is 45.7 Å². The van der Waals surface area contributed by atoms with Crippen molar-refractivity contribution in [2.45, 2.75) is 40.0 Å². The maximum Gasteiger partial charge on any atom is 0.251 e. The molecule has 4 heteroatoms. The Hall–Kier alpha value is -1.09. The number of amides is 1. The van der Waals surface area contributed by atoms with Crippen LogP contribution in [0.1, 0.15) is 56.1 Å². The van der Waals surface area contributed by atoms with Crippen LogP contribution in [0, 0.1) is 5.92 Å². The highest BCUT2D eigenvalue weighted by atomic mass is 35.5. The van der Waals surface area contributed by atoms with E-state index < -0.39 is 0 Å². The van der Waals surface area contributed by atoms with Crippen LogP contribution < -0.4 is 5.32 Å². The number of nitrogens with zero attached hydrogens (tertiary/aromatic N) is 1. The number of nitrogens with one attached hydrogen (secondary N) is 1. The fraction of sp³-hybridized carbons (Fsp3) is 0.571. The third-order valence-electron chi connectivity index (χ3n) is 2.98. The number of rotatable bonds is 5. The number of halogens is 1. The van der Waals surface area contributed by atoms with E-state index in [1.807, 2.05) is 19.9 Å². The number of carbonyl (C=O) groups excluding carboxylic acids is 1. The Labute approximate surface area is 114 Å². The summed E-state index contributed by atoms with van der Waals surface area (Å²) in [6, 6.07) is 3.42. The molecule has 0 fully saturated rings. The van der Waals surface area contributed by atoms with Crippen LogP contribution in [-0.4, -0.2) is 17.4 Å². The SMILES string of the molecule is CCC(C)CNC(=O)c1cc(Cl)nc(C(C)C)c1. The Morgan fingerprint density at radius 1 is 1.39 bits per heavy atom. The minimum atomic E-state index is -0.0819. The molecular formula is C14H21ClN2O. The molecule has 1 unspecified atom stereocenters. The fourth-order valence-electron chi connectivity index (χ4n) is 1.46. The van der Waals surface area contributed by atoms with Crippen LogP contribution in [0.5, 0.6) is 0 Å². The minimum Gasteiger partial charge on any atom is -0.352 e. The first-order chi connectivity index (χ1) is 8.43. The lowest BCUT2D eigenvalue weighted by Gasteiger charge is -2.12. The number of hydrogen-bond donors (Lipinski definition) is 1. The molecule has 0 bridgehead atoms. The van der Waals surface area contributed by atoms with Crippen molar-refractivity contribution in [1.29, 1.82) is 0 Å². The normalized spacial score (nSPS) is 12.6. The third kappa shape index (κ3) is 4.30. The van der Waals surface area contributed by atoms with E-state index >= 15 is 0 Å². The van der Waals surface area contributed by atoms with Crippen LogP contribution in [0.15, 0.2) is 12.1 Å². The van der Waals surface area contributed by atoms with Gasteiger partial charge in [-0.05, 0) is 24.0 Å². The number of aromatic nitrogens is 1. The Kier molecular flexibility index (Phi) is 5.60. The van der Waals surface area contributed by atoms with Gasteiger partial charge in [0.15, 0.2) is 0 Å². The molecule has 1 atom stereocenters. The van der Waals surface area contributed by atoms with Crippen LogP contribution in [0.4, 0.5) is 0 Å². The van der Waals surface area contributed by atoms with E-state index in [-0.39, 0.29) is 11.8 Å². The van der Waals surface area contributed by atoms with Crippen molar-refractivity contribution >= 4 is 17.5 Å². The molecule has 0 saturated carbocycles. The van der Waals surface area contributed by atoms with Gasteiger partial charge < -0.3 is 5.32 Å². The maximum absolute atomic E-state index is 12.0. The summed E-state index contributed by atoms with van der Waals surface area (Å²) < 4.78 is 0. The van der Waals surface area contributed by atoms with Crippen molar-refractivity contribution < 1.29 is 4.79 Å². The van der Waals surface area contributed by atoms with Crippen LogP contribution in [-0.2, 0) is 0 Å². The molecule has 18 heavy (non-hydrogen) atoms. The Morgan fingerprint density at radius 3 is 2.61 bits per heavy atom. The van der Waals surface area contributed by atoms with E-state index in [0.29, 0.717) is 23.2 Å². The van der Waals surface area contributed by atoms with Gasteiger partial charge in [-0.3, -0.25) is 4.79 Å². The van der Waals surface area contributed by atoms with Gasteiger partial charge >= 0.3 is 0 Å². The topological polar surface area (TPSA) is 42.0 Å². The third-order valence-corrected chi connectivity index (χ3v) is 3.17. The van der Waals surface area contributed by atoms with E-state index in [1.54, 1.807) is 6.07 Å². The van der Waals surface area contributed by atoms with Gasteiger partial charge in [-0.15, -0.1) is 0 Å². The van der Waals surface area contributed by atoms with E-state index in [0.717, 1.165) is 12.1 Å². The largest absolute Gasteiger partial charge is 0.352 e. The van der Waals surface area contributed by atoms with E-state index in [1.165, 1.54) is 0 Å².